The minimum Gasteiger partial charge on any atom is -0.299 e. The molecule has 1 saturated heterocycles. The van der Waals surface area contributed by atoms with Crippen molar-refractivity contribution in [2.24, 2.45) is 5.14 Å². The molecule has 0 atom stereocenters. The molecular weight excluding hydrogens is 438 g/mol. The molecule has 0 aliphatic carbocycles. The molecule has 2 aliphatic heterocycles. The van der Waals surface area contributed by atoms with Gasteiger partial charge in [0.25, 0.3) is 10.0 Å². The van der Waals surface area contributed by atoms with Gasteiger partial charge in [-0.3, -0.25) is 14.0 Å². The Balaban J connectivity index is 1.75. The van der Waals surface area contributed by atoms with Crippen LogP contribution in [0.25, 0.3) is 0 Å². The number of carbonyl (C=O) groups excluding carboxylic acids is 1. The minimum absolute atomic E-state index is 0.103. The second-order valence-electron chi connectivity index (χ2n) is 8.28. The van der Waals surface area contributed by atoms with E-state index in [4.69, 9.17) is 5.14 Å². The molecule has 31 heavy (non-hydrogen) atoms. The lowest BCUT2D eigenvalue weighted by Crippen LogP contribution is -2.47. The average molecular weight is 464 g/mol. The summed E-state index contributed by atoms with van der Waals surface area (Å²) in [5.41, 5.74) is 1.12. The predicted molar refractivity (Wildman–Crippen MR) is 117 cm³/mol. The van der Waals surface area contributed by atoms with Gasteiger partial charge in [-0.1, -0.05) is 30.3 Å². The summed E-state index contributed by atoms with van der Waals surface area (Å²) < 4.78 is 52.7. The third kappa shape index (κ3) is 3.89. The normalized spacial score (nSPS) is 18.8. The van der Waals surface area contributed by atoms with E-state index < -0.39 is 24.9 Å². The van der Waals surface area contributed by atoms with Gasteiger partial charge < -0.3 is 0 Å². The summed E-state index contributed by atoms with van der Waals surface area (Å²) in [6.45, 7) is 3.56. The molecule has 0 radical (unpaired) electrons. The summed E-state index contributed by atoms with van der Waals surface area (Å²) in [6, 6.07) is 12.8. The number of benzene rings is 2. The van der Waals surface area contributed by atoms with Gasteiger partial charge in [0.05, 0.1) is 12.2 Å². The van der Waals surface area contributed by atoms with E-state index in [-0.39, 0.29) is 22.6 Å². The van der Waals surface area contributed by atoms with Crippen LogP contribution in [0.3, 0.4) is 0 Å². The number of hydrogen-bond acceptors (Lipinski definition) is 6. The zero-order valence-corrected chi connectivity index (χ0v) is 18.8. The number of nitrogens with zero attached hydrogens (tertiary/aromatic N) is 2. The number of hydrogen-bond donors (Lipinski definition) is 1. The molecule has 166 valence electrons. The highest BCUT2D eigenvalue weighted by molar-refractivity contribution is 7.94. The lowest BCUT2D eigenvalue weighted by molar-refractivity contribution is -0.118. The molecule has 1 spiro atoms. The Bertz CT molecular complexity index is 1230. The number of sulfonamides is 2. The maximum absolute atomic E-state index is 13.7. The Labute approximate surface area is 182 Å². The van der Waals surface area contributed by atoms with E-state index in [1.807, 2.05) is 12.1 Å². The molecule has 2 N–H and O–H groups in total. The lowest BCUT2D eigenvalue weighted by atomic mass is 9.74. The van der Waals surface area contributed by atoms with Crippen LogP contribution >= 0.6 is 0 Å². The summed E-state index contributed by atoms with van der Waals surface area (Å²) in [4.78, 5) is 12.8. The highest BCUT2D eigenvalue weighted by Crippen LogP contribution is 2.49. The highest BCUT2D eigenvalue weighted by atomic mass is 32.2. The third-order valence-corrected chi connectivity index (χ3v) is 9.09. The number of ketones is 1. The van der Waals surface area contributed by atoms with Crippen molar-refractivity contribution in [3.05, 3.63) is 54.1 Å². The Morgan fingerprint density at radius 2 is 1.55 bits per heavy atom. The molecule has 0 saturated carbocycles. The largest absolute Gasteiger partial charge is 0.299 e. The maximum atomic E-state index is 13.7. The Morgan fingerprint density at radius 3 is 2.16 bits per heavy atom. The zero-order chi connectivity index (χ0) is 22.4. The number of Topliss-reactive ketones (excluding diaryl/α,β-unsaturated/α-hetero) is 1. The summed E-state index contributed by atoms with van der Waals surface area (Å²) in [6.07, 6.45) is 1.42. The van der Waals surface area contributed by atoms with Crippen LogP contribution in [0, 0.1) is 0 Å². The number of anilines is 1. The number of primary sulfonamides is 1. The van der Waals surface area contributed by atoms with Crippen LogP contribution in [0.1, 0.15) is 25.3 Å². The van der Waals surface area contributed by atoms with Crippen LogP contribution in [-0.2, 0) is 30.3 Å². The molecule has 2 aromatic rings. The van der Waals surface area contributed by atoms with Crippen molar-refractivity contribution in [3.8, 4) is 0 Å². The zero-order valence-electron chi connectivity index (χ0n) is 17.2. The first-order valence-electron chi connectivity index (χ1n) is 10.0. The van der Waals surface area contributed by atoms with E-state index in [2.05, 4.69) is 4.90 Å². The molecule has 4 rings (SSSR count). The predicted octanol–water partition coefficient (Wildman–Crippen LogP) is 1.47. The van der Waals surface area contributed by atoms with Crippen molar-refractivity contribution in [1.29, 1.82) is 0 Å². The molecule has 0 aromatic heterocycles. The van der Waals surface area contributed by atoms with Crippen LogP contribution < -0.4 is 9.44 Å². The van der Waals surface area contributed by atoms with E-state index in [1.165, 1.54) is 28.6 Å². The molecule has 0 amide bonds. The SMILES string of the molecule is CC(=O)CN1CCC2(CC1)CN(S(=O)(=O)c1ccccc1S(N)(=O)=O)c1ccccc12. The number of likely N-dealkylation sites (tertiary alicyclic amines) is 1. The van der Waals surface area contributed by atoms with E-state index in [1.54, 1.807) is 19.1 Å². The van der Waals surface area contributed by atoms with E-state index in [9.17, 15) is 21.6 Å². The molecule has 10 heteroatoms. The van der Waals surface area contributed by atoms with E-state index >= 15 is 0 Å². The van der Waals surface area contributed by atoms with Crippen molar-refractivity contribution in [2.75, 3.05) is 30.5 Å². The second kappa shape index (κ2) is 7.70. The van der Waals surface area contributed by atoms with Crippen LogP contribution in [0.4, 0.5) is 5.69 Å². The van der Waals surface area contributed by atoms with Gasteiger partial charge in [-0.2, -0.15) is 0 Å². The Kier molecular flexibility index (Phi) is 5.45. The number of nitrogens with two attached hydrogens (primary N) is 1. The second-order valence-corrected chi connectivity index (χ2v) is 11.6. The fourth-order valence-corrected chi connectivity index (χ4v) is 7.62. The number of rotatable bonds is 5. The van der Waals surface area contributed by atoms with Gasteiger partial charge in [-0.25, -0.2) is 22.0 Å². The minimum atomic E-state index is -4.22. The van der Waals surface area contributed by atoms with Crippen molar-refractivity contribution in [2.45, 2.75) is 35.0 Å². The highest BCUT2D eigenvalue weighted by Gasteiger charge is 2.48. The van der Waals surface area contributed by atoms with Gasteiger partial charge in [0.15, 0.2) is 0 Å². The Morgan fingerprint density at radius 1 is 0.968 bits per heavy atom. The lowest BCUT2D eigenvalue weighted by Gasteiger charge is -2.39. The van der Waals surface area contributed by atoms with Crippen molar-refractivity contribution in [3.63, 3.8) is 0 Å². The number of para-hydroxylation sites is 1. The first kappa shape index (κ1) is 21.9. The summed E-state index contributed by atoms with van der Waals surface area (Å²) in [7, 11) is -8.39. The molecule has 2 aliphatic rings. The van der Waals surface area contributed by atoms with Crippen molar-refractivity contribution < 1.29 is 21.6 Å². The fourth-order valence-electron chi connectivity index (χ4n) is 4.70. The van der Waals surface area contributed by atoms with Crippen LogP contribution in [0.5, 0.6) is 0 Å². The number of piperidine rings is 1. The van der Waals surface area contributed by atoms with E-state index in [0.29, 0.717) is 38.2 Å². The number of fused-ring (bicyclic) bond motifs is 2. The van der Waals surface area contributed by atoms with Crippen molar-refractivity contribution >= 4 is 31.5 Å². The van der Waals surface area contributed by atoms with E-state index in [0.717, 1.165) is 5.56 Å². The summed E-state index contributed by atoms with van der Waals surface area (Å²) >= 11 is 0. The summed E-state index contributed by atoms with van der Waals surface area (Å²) in [5.74, 6) is 0.103. The number of carbonyl (C=O) groups is 1. The molecule has 2 heterocycles. The smallest absolute Gasteiger partial charge is 0.265 e. The molecule has 2 aromatic carbocycles. The van der Waals surface area contributed by atoms with Gasteiger partial charge in [-0.15, -0.1) is 0 Å². The summed E-state index contributed by atoms with van der Waals surface area (Å²) in [5, 5.41) is 5.30. The molecular formula is C21H25N3O5S2. The average Bonchev–Trinajstić information content (AvgIpc) is 3.04. The van der Waals surface area contributed by atoms with Crippen LogP contribution in [-0.4, -0.2) is 53.7 Å². The molecule has 0 unspecified atom stereocenters. The van der Waals surface area contributed by atoms with Gasteiger partial charge in [0.1, 0.15) is 15.6 Å². The van der Waals surface area contributed by atoms with Gasteiger partial charge in [-0.05, 0) is 56.6 Å². The topological polar surface area (TPSA) is 118 Å². The molecule has 0 bridgehead atoms. The fraction of sp³-hybridized carbons (Fsp3) is 0.381. The van der Waals surface area contributed by atoms with Gasteiger partial charge in [0.2, 0.25) is 10.0 Å². The monoisotopic (exact) mass is 463 g/mol. The standard InChI is InChI=1S/C21H25N3O5S2/c1-16(25)14-23-12-10-21(11-13-23)15-24(18-7-3-2-6-17(18)21)31(28,29)20-9-5-4-8-19(20)30(22,26)27/h2-9H,10-15H2,1H3,(H2,22,26,27). The first-order chi connectivity index (χ1) is 14.5. The van der Waals surface area contributed by atoms with Gasteiger partial charge >= 0.3 is 0 Å². The molecule has 1 fully saturated rings. The molecule has 8 nitrogen and oxygen atoms in total. The Hall–Kier alpha value is -2.27. The van der Waals surface area contributed by atoms with Crippen LogP contribution in [0.15, 0.2) is 58.3 Å². The van der Waals surface area contributed by atoms with Crippen LogP contribution in [0.2, 0.25) is 0 Å². The maximum Gasteiger partial charge on any atom is 0.265 e. The van der Waals surface area contributed by atoms with Gasteiger partial charge in [0, 0.05) is 12.0 Å². The first-order valence-corrected chi connectivity index (χ1v) is 13.0. The quantitative estimate of drug-likeness (QED) is 0.717. The third-order valence-electron chi connectivity index (χ3n) is 6.17. The van der Waals surface area contributed by atoms with Crippen molar-refractivity contribution in [1.82, 2.24) is 4.90 Å².